The largest absolute Gasteiger partial charge is 0.462 e. The summed E-state index contributed by atoms with van der Waals surface area (Å²) in [4.78, 5) is 18.7. The van der Waals surface area contributed by atoms with Gasteiger partial charge >= 0.3 is 5.97 Å². The van der Waals surface area contributed by atoms with Gasteiger partial charge in [0.2, 0.25) is 0 Å². The Morgan fingerprint density at radius 1 is 1.18 bits per heavy atom. The number of aryl methyl sites for hydroxylation is 2. The summed E-state index contributed by atoms with van der Waals surface area (Å²) in [6, 6.07) is 8.53. The van der Waals surface area contributed by atoms with Gasteiger partial charge in [-0.05, 0) is 50.2 Å². The van der Waals surface area contributed by atoms with Crippen LogP contribution in [0.1, 0.15) is 53.1 Å². The van der Waals surface area contributed by atoms with Crippen LogP contribution in [0, 0.1) is 0 Å². The summed E-state index contributed by atoms with van der Waals surface area (Å²) in [6.45, 7) is 4.39. The standard InChI is InChI=1S/C22H24N2O2S2/c1-3-14-9-11-15(12-10-14)17-13-27-22(23-17)24-20-19(21(25)26-4-2)16-7-5-6-8-18(16)28-20/h9-13H,3-8H2,1-2H3,(H,23,24). The molecule has 4 nitrogen and oxygen atoms in total. The number of hydrogen-bond donors (Lipinski definition) is 1. The van der Waals surface area contributed by atoms with Crippen LogP contribution in [-0.2, 0) is 24.0 Å². The third-order valence-corrected chi connectivity index (χ3v) is 7.00. The summed E-state index contributed by atoms with van der Waals surface area (Å²) in [5, 5.41) is 7.14. The minimum atomic E-state index is -0.226. The Morgan fingerprint density at radius 3 is 2.71 bits per heavy atom. The number of carbonyl (C=O) groups is 1. The molecular weight excluding hydrogens is 388 g/mol. The predicted octanol–water partition coefficient (Wildman–Crippen LogP) is 6.23. The second-order valence-corrected chi connectivity index (χ2v) is 8.81. The SMILES string of the molecule is CCOC(=O)c1c(Nc2nc(-c3ccc(CC)cc3)cs2)sc2c1CCCC2. The van der Waals surface area contributed by atoms with Gasteiger partial charge < -0.3 is 10.1 Å². The number of thiophene rings is 1. The van der Waals surface area contributed by atoms with Gasteiger partial charge in [-0.3, -0.25) is 0 Å². The zero-order valence-corrected chi connectivity index (χ0v) is 17.8. The molecule has 0 aliphatic heterocycles. The quantitative estimate of drug-likeness (QED) is 0.487. The second kappa shape index (κ2) is 8.45. The normalized spacial score (nSPS) is 13.2. The van der Waals surface area contributed by atoms with Crippen molar-refractivity contribution >= 4 is 38.8 Å². The molecule has 0 atom stereocenters. The summed E-state index contributed by atoms with van der Waals surface area (Å²) >= 11 is 3.24. The van der Waals surface area contributed by atoms with E-state index in [4.69, 9.17) is 9.72 Å². The fourth-order valence-electron chi connectivity index (χ4n) is 3.55. The lowest BCUT2D eigenvalue weighted by Gasteiger charge is -2.12. The van der Waals surface area contributed by atoms with Gasteiger partial charge in [0.05, 0.1) is 17.9 Å². The van der Waals surface area contributed by atoms with Gasteiger partial charge in [0, 0.05) is 15.8 Å². The summed E-state index contributed by atoms with van der Waals surface area (Å²) in [5.41, 5.74) is 5.27. The number of esters is 1. The van der Waals surface area contributed by atoms with Crippen molar-refractivity contribution in [3.63, 3.8) is 0 Å². The summed E-state index contributed by atoms with van der Waals surface area (Å²) in [6.07, 6.45) is 5.34. The van der Waals surface area contributed by atoms with E-state index in [1.807, 2.05) is 6.92 Å². The number of rotatable bonds is 6. The molecule has 3 aromatic rings. The van der Waals surface area contributed by atoms with E-state index in [-0.39, 0.29) is 5.97 Å². The summed E-state index contributed by atoms with van der Waals surface area (Å²) in [7, 11) is 0. The van der Waals surface area contributed by atoms with Crippen molar-refractivity contribution in [1.82, 2.24) is 4.98 Å². The second-order valence-electron chi connectivity index (χ2n) is 6.85. The van der Waals surface area contributed by atoms with Gasteiger partial charge in [-0.15, -0.1) is 22.7 Å². The molecule has 2 heterocycles. The van der Waals surface area contributed by atoms with Crippen molar-refractivity contribution < 1.29 is 9.53 Å². The highest BCUT2D eigenvalue weighted by molar-refractivity contribution is 7.18. The lowest BCUT2D eigenvalue weighted by molar-refractivity contribution is 0.0526. The maximum absolute atomic E-state index is 12.6. The molecule has 2 aromatic heterocycles. The van der Waals surface area contributed by atoms with Gasteiger partial charge in [-0.2, -0.15) is 0 Å². The van der Waals surface area contributed by atoms with E-state index in [9.17, 15) is 4.79 Å². The van der Waals surface area contributed by atoms with Gasteiger partial charge in [0.15, 0.2) is 5.13 Å². The molecule has 1 aliphatic rings. The number of anilines is 2. The van der Waals surface area contributed by atoms with Crippen LogP contribution >= 0.6 is 22.7 Å². The van der Waals surface area contributed by atoms with Crippen molar-refractivity contribution in [3.05, 3.63) is 51.2 Å². The van der Waals surface area contributed by atoms with E-state index >= 15 is 0 Å². The molecule has 0 unspecified atom stereocenters. The van der Waals surface area contributed by atoms with E-state index in [0.717, 1.165) is 47.1 Å². The number of nitrogens with one attached hydrogen (secondary N) is 1. The minimum absolute atomic E-state index is 0.226. The number of carbonyl (C=O) groups excluding carboxylic acids is 1. The van der Waals surface area contributed by atoms with Gasteiger partial charge in [0.1, 0.15) is 5.00 Å². The molecule has 0 saturated carbocycles. The van der Waals surface area contributed by atoms with Crippen molar-refractivity contribution in [1.29, 1.82) is 0 Å². The van der Waals surface area contributed by atoms with Crippen molar-refractivity contribution in [2.24, 2.45) is 0 Å². The first-order valence-corrected chi connectivity index (χ1v) is 11.5. The Bertz CT molecular complexity index is 973. The molecule has 0 radical (unpaired) electrons. The zero-order chi connectivity index (χ0) is 19.5. The van der Waals surface area contributed by atoms with E-state index in [1.54, 1.807) is 22.7 Å². The smallest absolute Gasteiger partial charge is 0.341 e. The van der Waals surface area contributed by atoms with Crippen LogP contribution in [-0.4, -0.2) is 17.6 Å². The van der Waals surface area contributed by atoms with E-state index in [1.165, 1.54) is 22.4 Å². The van der Waals surface area contributed by atoms with Crippen LogP contribution in [0.25, 0.3) is 11.3 Å². The summed E-state index contributed by atoms with van der Waals surface area (Å²) in [5.74, 6) is -0.226. The highest BCUT2D eigenvalue weighted by Gasteiger charge is 2.26. The number of ether oxygens (including phenoxy) is 1. The first-order valence-electron chi connectivity index (χ1n) is 9.83. The highest BCUT2D eigenvalue weighted by atomic mass is 32.1. The molecule has 0 fully saturated rings. The van der Waals surface area contributed by atoms with Crippen LogP contribution in [0.4, 0.5) is 10.1 Å². The van der Waals surface area contributed by atoms with E-state index in [2.05, 4.69) is 41.9 Å². The first kappa shape index (κ1) is 19.2. The van der Waals surface area contributed by atoms with Crippen LogP contribution in [0.15, 0.2) is 29.6 Å². The van der Waals surface area contributed by atoms with E-state index < -0.39 is 0 Å². The minimum Gasteiger partial charge on any atom is -0.462 e. The molecule has 0 amide bonds. The predicted molar refractivity (Wildman–Crippen MR) is 117 cm³/mol. The van der Waals surface area contributed by atoms with Crippen LogP contribution in [0.2, 0.25) is 0 Å². The van der Waals surface area contributed by atoms with Crippen molar-refractivity contribution in [2.45, 2.75) is 46.0 Å². The molecule has 0 bridgehead atoms. The third kappa shape index (κ3) is 3.84. The topological polar surface area (TPSA) is 51.2 Å². The maximum atomic E-state index is 12.6. The average molecular weight is 413 g/mol. The Labute approximate surface area is 173 Å². The molecule has 6 heteroatoms. The third-order valence-electron chi connectivity index (χ3n) is 5.03. The molecule has 0 saturated heterocycles. The van der Waals surface area contributed by atoms with Gasteiger partial charge in [0.25, 0.3) is 0 Å². The highest BCUT2D eigenvalue weighted by Crippen LogP contribution is 2.40. The molecular formula is C22H24N2O2S2. The Balaban J connectivity index is 1.61. The molecule has 146 valence electrons. The van der Waals surface area contributed by atoms with Gasteiger partial charge in [-0.25, -0.2) is 9.78 Å². The molecule has 4 rings (SSSR count). The van der Waals surface area contributed by atoms with Crippen molar-refractivity contribution in [2.75, 3.05) is 11.9 Å². The molecule has 0 spiro atoms. The van der Waals surface area contributed by atoms with Crippen LogP contribution in [0.3, 0.4) is 0 Å². The molecule has 28 heavy (non-hydrogen) atoms. The number of aromatic nitrogens is 1. The maximum Gasteiger partial charge on any atom is 0.341 e. The number of hydrogen-bond acceptors (Lipinski definition) is 6. The van der Waals surface area contributed by atoms with E-state index in [0.29, 0.717) is 12.2 Å². The molecule has 1 N–H and O–H groups in total. The monoisotopic (exact) mass is 412 g/mol. The molecule has 1 aromatic carbocycles. The number of benzene rings is 1. The number of thiazole rings is 1. The average Bonchev–Trinajstić information content (AvgIpc) is 3.32. The Morgan fingerprint density at radius 2 is 1.96 bits per heavy atom. The zero-order valence-electron chi connectivity index (χ0n) is 16.2. The van der Waals surface area contributed by atoms with Crippen molar-refractivity contribution in [3.8, 4) is 11.3 Å². The Kier molecular flexibility index (Phi) is 5.78. The van der Waals surface area contributed by atoms with Crippen LogP contribution in [0.5, 0.6) is 0 Å². The fraction of sp³-hybridized carbons (Fsp3) is 0.364. The number of nitrogens with zero attached hydrogens (tertiary/aromatic N) is 1. The number of fused-ring (bicyclic) bond motifs is 1. The first-order chi connectivity index (χ1) is 13.7. The molecule has 1 aliphatic carbocycles. The lowest BCUT2D eigenvalue weighted by Crippen LogP contribution is -2.10. The summed E-state index contributed by atoms with van der Waals surface area (Å²) < 4.78 is 5.34. The Hall–Kier alpha value is -2.18. The lowest BCUT2D eigenvalue weighted by atomic mass is 9.95. The fourth-order valence-corrected chi connectivity index (χ4v) is 5.61. The van der Waals surface area contributed by atoms with Crippen LogP contribution < -0.4 is 5.32 Å². The van der Waals surface area contributed by atoms with Gasteiger partial charge in [-0.1, -0.05) is 31.2 Å².